The van der Waals surface area contributed by atoms with E-state index in [9.17, 15) is 9.59 Å². The van der Waals surface area contributed by atoms with Gasteiger partial charge in [0.1, 0.15) is 29.7 Å². The minimum Gasteiger partial charge on any atom is -0.490 e. The van der Waals surface area contributed by atoms with E-state index in [-0.39, 0.29) is 12.3 Å². The second-order valence-electron chi connectivity index (χ2n) is 8.07. The highest BCUT2D eigenvalue weighted by atomic mass is 79.9. The number of carbonyl (C=O) groups is 2. The fourth-order valence-electron chi connectivity index (χ4n) is 3.31. The average Bonchev–Trinajstić information content (AvgIpc) is 3.35. The van der Waals surface area contributed by atoms with E-state index in [0.29, 0.717) is 45.3 Å². The molecule has 200 valence electrons. The molecule has 12 heteroatoms. The Labute approximate surface area is 242 Å². The SMILES string of the molecule is Cc1ccccc1C(=O)Nc1nnc(CC(=O)NN=Cc2cc(Cl)ccc2OCCOc2ccc(Br)cc2)s1. The Morgan fingerprint density at radius 1 is 1.05 bits per heavy atom. The highest BCUT2D eigenvalue weighted by Crippen LogP contribution is 2.22. The molecular formula is C27H23BrClN5O4S. The van der Waals surface area contributed by atoms with E-state index in [4.69, 9.17) is 21.1 Å². The van der Waals surface area contributed by atoms with Crippen molar-refractivity contribution in [3.05, 3.63) is 97.9 Å². The van der Waals surface area contributed by atoms with Crippen molar-refractivity contribution >= 4 is 62.0 Å². The van der Waals surface area contributed by atoms with E-state index in [1.54, 1.807) is 30.3 Å². The largest absolute Gasteiger partial charge is 0.490 e. The van der Waals surface area contributed by atoms with Crippen LogP contribution < -0.4 is 20.2 Å². The Bertz CT molecular complexity index is 1480. The maximum Gasteiger partial charge on any atom is 0.257 e. The molecule has 0 aliphatic rings. The van der Waals surface area contributed by atoms with Crippen LogP contribution in [0.15, 0.2) is 76.3 Å². The van der Waals surface area contributed by atoms with Gasteiger partial charge in [0, 0.05) is 20.6 Å². The Morgan fingerprint density at radius 2 is 1.82 bits per heavy atom. The number of halogens is 2. The molecule has 3 aromatic carbocycles. The van der Waals surface area contributed by atoms with Crippen LogP contribution in [0.1, 0.15) is 26.5 Å². The minimum absolute atomic E-state index is 0.0540. The van der Waals surface area contributed by atoms with Crippen molar-refractivity contribution < 1.29 is 19.1 Å². The van der Waals surface area contributed by atoms with Crippen LogP contribution in [-0.2, 0) is 11.2 Å². The number of aryl methyl sites for hydroxylation is 1. The molecule has 0 radical (unpaired) electrons. The number of aromatic nitrogens is 2. The van der Waals surface area contributed by atoms with Gasteiger partial charge in [0.15, 0.2) is 0 Å². The predicted octanol–water partition coefficient (Wildman–Crippen LogP) is 5.67. The zero-order chi connectivity index (χ0) is 27.6. The Balaban J connectivity index is 1.26. The van der Waals surface area contributed by atoms with Gasteiger partial charge in [-0.2, -0.15) is 5.10 Å². The van der Waals surface area contributed by atoms with Gasteiger partial charge in [0.05, 0.1) is 12.6 Å². The van der Waals surface area contributed by atoms with Crippen LogP contribution in [0.5, 0.6) is 11.5 Å². The molecule has 2 amide bonds. The number of nitrogens with one attached hydrogen (secondary N) is 2. The van der Waals surface area contributed by atoms with Crippen LogP contribution in [0.4, 0.5) is 5.13 Å². The Morgan fingerprint density at radius 3 is 2.62 bits per heavy atom. The third kappa shape index (κ3) is 8.60. The van der Waals surface area contributed by atoms with Gasteiger partial charge >= 0.3 is 0 Å². The number of rotatable bonds is 11. The van der Waals surface area contributed by atoms with Gasteiger partial charge in [-0.1, -0.05) is 57.1 Å². The maximum absolute atomic E-state index is 12.5. The number of amides is 2. The predicted molar refractivity (Wildman–Crippen MR) is 155 cm³/mol. The molecule has 0 aliphatic heterocycles. The first-order valence-electron chi connectivity index (χ1n) is 11.7. The van der Waals surface area contributed by atoms with Gasteiger partial charge in [-0.15, -0.1) is 10.2 Å². The van der Waals surface area contributed by atoms with Crippen molar-refractivity contribution in [3.63, 3.8) is 0 Å². The van der Waals surface area contributed by atoms with Crippen molar-refractivity contribution in [2.75, 3.05) is 18.5 Å². The zero-order valence-corrected chi connectivity index (χ0v) is 23.8. The normalized spacial score (nSPS) is 10.8. The lowest BCUT2D eigenvalue weighted by Gasteiger charge is -2.11. The number of hydrazone groups is 1. The van der Waals surface area contributed by atoms with Crippen LogP contribution in [0.25, 0.3) is 0 Å². The quantitative estimate of drug-likeness (QED) is 0.126. The standard InChI is InChI=1S/C27H23BrClN5O4S/c1-17-4-2-3-5-22(17)26(36)31-27-34-33-25(39-27)15-24(35)32-30-16-18-14-20(29)8-11-23(18)38-13-12-37-21-9-6-19(28)7-10-21/h2-11,14,16H,12-13,15H2,1H3,(H,32,35)(H,31,34,36). The molecule has 0 spiro atoms. The fourth-order valence-corrected chi connectivity index (χ4v) is 4.49. The van der Waals surface area contributed by atoms with E-state index in [1.165, 1.54) is 6.21 Å². The molecule has 4 aromatic rings. The monoisotopic (exact) mass is 627 g/mol. The third-order valence-electron chi connectivity index (χ3n) is 5.18. The summed E-state index contributed by atoms with van der Waals surface area (Å²) in [5.74, 6) is 0.587. The smallest absolute Gasteiger partial charge is 0.257 e. The van der Waals surface area contributed by atoms with E-state index in [2.05, 4.69) is 42.0 Å². The average molecular weight is 629 g/mol. The summed E-state index contributed by atoms with van der Waals surface area (Å²) in [6.07, 6.45) is 1.39. The van der Waals surface area contributed by atoms with E-state index in [1.807, 2.05) is 43.3 Å². The summed E-state index contributed by atoms with van der Waals surface area (Å²) in [7, 11) is 0. The summed E-state index contributed by atoms with van der Waals surface area (Å²) in [6.45, 7) is 2.49. The number of hydrogen-bond donors (Lipinski definition) is 2. The molecule has 0 fully saturated rings. The van der Waals surface area contributed by atoms with Gasteiger partial charge < -0.3 is 9.47 Å². The maximum atomic E-state index is 12.5. The molecule has 9 nitrogen and oxygen atoms in total. The highest BCUT2D eigenvalue weighted by molar-refractivity contribution is 9.10. The molecule has 0 unspecified atom stereocenters. The van der Waals surface area contributed by atoms with E-state index >= 15 is 0 Å². The number of ether oxygens (including phenoxy) is 2. The Kier molecular flexibility index (Phi) is 10.0. The number of anilines is 1. The first kappa shape index (κ1) is 28.2. The number of hydrogen-bond acceptors (Lipinski definition) is 8. The highest BCUT2D eigenvalue weighted by Gasteiger charge is 2.14. The van der Waals surface area contributed by atoms with Crippen LogP contribution >= 0.6 is 38.9 Å². The molecule has 39 heavy (non-hydrogen) atoms. The summed E-state index contributed by atoms with van der Waals surface area (Å²) >= 11 is 10.6. The topological polar surface area (TPSA) is 115 Å². The number of nitrogens with zero attached hydrogens (tertiary/aromatic N) is 3. The van der Waals surface area contributed by atoms with Crippen molar-refractivity contribution in [3.8, 4) is 11.5 Å². The first-order valence-corrected chi connectivity index (χ1v) is 13.7. The van der Waals surface area contributed by atoms with Gasteiger partial charge in [-0.05, 0) is 61.0 Å². The van der Waals surface area contributed by atoms with Gasteiger partial charge in [0.2, 0.25) is 11.0 Å². The molecule has 2 N–H and O–H groups in total. The third-order valence-corrected chi connectivity index (χ3v) is 6.78. The molecule has 0 saturated heterocycles. The van der Waals surface area contributed by atoms with Crippen molar-refractivity contribution in [2.24, 2.45) is 5.10 Å². The lowest BCUT2D eigenvalue weighted by Crippen LogP contribution is -2.19. The van der Waals surface area contributed by atoms with Crippen LogP contribution in [0.3, 0.4) is 0 Å². The van der Waals surface area contributed by atoms with Crippen molar-refractivity contribution in [1.82, 2.24) is 15.6 Å². The summed E-state index contributed by atoms with van der Waals surface area (Å²) in [6, 6.07) is 19.8. The Hall–Kier alpha value is -3.80. The lowest BCUT2D eigenvalue weighted by atomic mass is 10.1. The second-order valence-corrected chi connectivity index (χ2v) is 10.5. The minimum atomic E-state index is -0.397. The number of carbonyl (C=O) groups excluding carboxylic acids is 2. The summed E-state index contributed by atoms with van der Waals surface area (Å²) in [4.78, 5) is 24.8. The molecule has 0 atom stereocenters. The first-order chi connectivity index (χ1) is 18.9. The fraction of sp³-hybridized carbons (Fsp3) is 0.148. The molecular weight excluding hydrogens is 606 g/mol. The lowest BCUT2D eigenvalue weighted by molar-refractivity contribution is -0.120. The van der Waals surface area contributed by atoms with Gasteiger partial charge in [-0.3, -0.25) is 14.9 Å². The summed E-state index contributed by atoms with van der Waals surface area (Å²) in [5.41, 5.74) is 4.44. The zero-order valence-electron chi connectivity index (χ0n) is 20.7. The summed E-state index contributed by atoms with van der Waals surface area (Å²) < 4.78 is 12.5. The van der Waals surface area contributed by atoms with Gasteiger partial charge in [-0.25, -0.2) is 5.43 Å². The molecule has 0 bridgehead atoms. The van der Waals surface area contributed by atoms with Crippen LogP contribution in [0.2, 0.25) is 5.02 Å². The van der Waals surface area contributed by atoms with Crippen molar-refractivity contribution in [2.45, 2.75) is 13.3 Å². The molecule has 0 aliphatic carbocycles. The van der Waals surface area contributed by atoms with Crippen LogP contribution in [-0.4, -0.2) is 41.4 Å². The van der Waals surface area contributed by atoms with Gasteiger partial charge in [0.25, 0.3) is 5.91 Å². The van der Waals surface area contributed by atoms with Crippen LogP contribution in [0, 0.1) is 6.92 Å². The molecule has 4 rings (SSSR count). The summed E-state index contributed by atoms with van der Waals surface area (Å²) in [5, 5.41) is 15.9. The molecule has 1 aromatic heterocycles. The van der Waals surface area contributed by atoms with E-state index < -0.39 is 5.91 Å². The van der Waals surface area contributed by atoms with Crippen molar-refractivity contribution in [1.29, 1.82) is 0 Å². The van der Waals surface area contributed by atoms with E-state index in [0.717, 1.165) is 27.1 Å². The molecule has 1 heterocycles. The molecule has 0 saturated carbocycles. The second kappa shape index (κ2) is 13.8. The number of benzene rings is 3.